The Bertz CT molecular complexity index is 158. The zero-order valence-corrected chi connectivity index (χ0v) is 8.58. The first-order valence-electron chi connectivity index (χ1n) is 5.25. The maximum absolute atomic E-state index is 9.64. The Kier molecular flexibility index (Phi) is 4.46. The molecule has 0 aromatic heterocycles. The van der Waals surface area contributed by atoms with E-state index in [9.17, 15) is 5.11 Å². The van der Waals surface area contributed by atoms with Crippen molar-refractivity contribution in [3.63, 3.8) is 0 Å². The molecule has 2 heteroatoms. The van der Waals surface area contributed by atoms with Gasteiger partial charge in [-0.2, -0.15) is 0 Å². The Hall–Kier alpha value is -0.340. The summed E-state index contributed by atoms with van der Waals surface area (Å²) in [5.74, 6) is 0.482. The maximum atomic E-state index is 9.64. The molecular weight excluding hydrogens is 162 g/mol. The molecule has 1 aliphatic heterocycles. The first-order chi connectivity index (χ1) is 6.24. The molecule has 0 aromatic rings. The number of rotatable bonds is 4. The Morgan fingerprint density at radius 2 is 2.38 bits per heavy atom. The highest BCUT2D eigenvalue weighted by atomic mass is 16.3. The molecule has 1 saturated heterocycles. The highest BCUT2D eigenvalue weighted by molar-refractivity contribution is 4.77. The zero-order valence-electron chi connectivity index (χ0n) is 8.58. The number of hydrogen-bond donors (Lipinski definition) is 1. The lowest BCUT2D eigenvalue weighted by molar-refractivity contribution is 0.0290. The Labute approximate surface area is 81.2 Å². The summed E-state index contributed by atoms with van der Waals surface area (Å²) in [7, 11) is 0. The smallest absolute Gasteiger partial charge is 0.0693 e. The molecule has 1 N–H and O–H groups in total. The van der Waals surface area contributed by atoms with Crippen LogP contribution in [0.4, 0.5) is 0 Å². The number of aliphatic hydroxyl groups is 1. The molecule has 1 fully saturated rings. The molecule has 2 atom stereocenters. The van der Waals surface area contributed by atoms with Crippen LogP contribution in [0.5, 0.6) is 0 Å². The number of β-amino-alcohol motifs (C(OH)–C–C–N with tert-alkyl or cyclic N) is 1. The van der Waals surface area contributed by atoms with E-state index in [-0.39, 0.29) is 6.10 Å². The van der Waals surface area contributed by atoms with Gasteiger partial charge in [0.25, 0.3) is 0 Å². The minimum absolute atomic E-state index is 0.113. The van der Waals surface area contributed by atoms with Gasteiger partial charge in [-0.15, -0.1) is 6.58 Å². The molecule has 0 radical (unpaired) electrons. The number of allylic oxidation sites excluding steroid dienone is 1. The molecule has 76 valence electrons. The molecule has 0 bridgehead atoms. The molecule has 0 spiro atoms. The third-order valence-electron chi connectivity index (χ3n) is 2.89. The largest absolute Gasteiger partial charge is 0.392 e. The number of likely N-dealkylation sites (tertiary alicyclic amines) is 1. The quantitative estimate of drug-likeness (QED) is 0.529. The average molecular weight is 183 g/mol. The fraction of sp³-hybridized carbons (Fsp3) is 0.818. The number of aliphatic hydroxyl groups excluding tert-OH is 1. The number of unbranched alkanes of at least 4 members (excludes halogenated alkanes) is 1. The van der Waals surface area contributed by atoms with E-state index in [1.54, 1.807) is 0 Å². The SMILES string of the molecule is C=CCCCN1CCC(C)C(O)C1. The lowest BCUT2D eigenvalue weighted by atomic mass is 9.96. The number of nitrogens with zero attached hydrogens (tertiary/aromatic N) is 1. The third-order valence-corrected chi connectivity index (χ3v) is 2.89. The molecule has 1 rings (SSSR count). The van der Waals surface area contributed by atoms with Crippen LogP contribution < -0.4 is 0 Å². The summed E-state index contributed by atoms with van der Waals surface area (Å²) >= 11 is 0. The third kappa shape index (κ3) is 3.49. The molecule has 1 heterocycles. The highest BCUT2D eigenvalue weighted by Gasteiger charge is 2.23. The van der Waals surface area contributed by atoms with Crippen molar-refractivity contribution in [3.05, 3.63) is 12.7 Å². The fourth-order valence-corrected chi connectivity index (χ4v) is 1.78. The van der Waals surface area contributed by atoms with Gasteiger partial charge >= 0.3 is 0 Å². The van der Waals surface area contributed by atoms with Gasteiger partial charge in [0.05, 0.1) is 6.10 Å². The van der Waals surface area contributed by atoms with Gasteiger partial charge in [0.2, 0.25) is 0 Å². The van der Waals surface area contributed by atoms with E-state index in [0.29, 0.717) is 5.92 Å². The van der Waals surface area contributed by atoms with E-state index in [1.807, 2.05) is 6.08 Å². The summed E-state index contributed by atoms with van der Waals surface area (Å²) < 4.78 is 0. The lowest BCUT2D eigenvalue weighted by Gasteiger charge is -2.34. The van der Waals surface area contributed by atoms with Gasteiger partial charge in [-0.05, 0) is 38.3 Å². The van der Waals surface area contributed by atoms with Crippen molar-refractivity contribution < 1.29 is 5.11 Å². The van der Waals surface area contributed by atoms with Crippen molar-refractivity contribution in [3.8, 4) is 0 Å². The van der Waals surface area contributed by atoms with Crippen molar-refractivity contribution in [1.29, 1.82) is 0 Å². The van der Waals surface area contributed by atoms with Gasteiger partial charge in [0, 0.05) is 6.54 Å². The van der Waals surface area contributed by atoms with Crippen molar-refractivity contribution >= 4 is 0 Å². The molecule has 1 aliphatic rings. The monoisotopic (exact) mass is 183 g/mol. The Morgan fingerprint density at radius 3 is 3.00 bits per heavy atom. The minimum atomic E-state index is -0.113. The molecule has 0 amide bonds. The highest BCUT2D eigenvalue weighted by Crippen LogP contribution is 2.16. The molecule has 0 saturated carbocycles. The van der Waals surface area contributed by atoms with E-state index in [4.69, 9.17) is 0 Å². The molecule has 13 heavy (non-hydrogen) atoms. The van der Waals surface area contributed by atoms with Crippen LogP contribution in [-0.2, 0) is 0 Å². The van der Waals surface area contributed by atoms with E-state index in [2.05, 4.69) is 18.4 Å². The van der Waals surface area contributed by atoms with Crippen LogP contribution in [0.15, 0.2) is 12.7 Å². The Balaban J connectivity index is 2.17. The number of piperidine rings is 1. The van der Waals surface area contributed by atoms with Gasteiger partial charge in [0.15, 0.2) is 0 Å². The van der Waals surface area contributed by atoms with Crippen LogP contribution in [0, 0.1) is 5.92 Å². The summed E-state index contributed by atoms with van der Waals surface area (Å²) in [5, 5.41) is 9.64. The van der Waals surface area contributed by atoms with Crippen LogP contribution >= 0.6 is 0 Å². The van der Waals surface area contributed by atoms with E-state index in [0.717, 1.165) is 32.5 Å². The number of hydrogen-bond acceptors (Lipinski definition) is 2. The normalized spacial score (nSPS) is 30.3. The molecule has 0 aliphatic carbocycles. The minimum Gasteiger partial charge on any atom is -0.392 e. The summed E-state index contributed by atoms with van der Waals surface area (Å²) in [5.41, 5.74) is 0. The van der Waals surface area contributed by atoms with Gasteiger partial charge < -0.3 is 10.0 Å². The van der Waals surface area contributed by atoms with Crippen molar-refractivity contribution in [2.24, 2.45) is 5.92 Å². The second-order valence-corrected chi connectivity index (χ2v) is 4.06. The predicted octanol–water partition coefficient (Wildman–Crippen LogP) is 1.66. The van der Waals surface area contributed by atoms with Gasteiger partial charge in [-0.1, -0.05) is 13.0 Å². The fourth-order valence-electron chi connectivity index (χ4n) is 1.78. The average Bonchev–Trinajstić information content (AvgIpc) is 2.12. The topological polar surface area (TPSA) is 23.5 Å². The van der Waals surface area contributed by atoms with E-state index >= 15 is 0 Å². The first kappa shape index (κ1) is 10.7. The molecular formula is C11H21NO. The van der Waals surface area contributed by atoms with Crippen LogP contribution in [-0.4, -0.2) is 35.7 Å². The second kappa shape index (κ2) is 5.40. The van der Waals surface area contributed by atoms with Crippen LogP contribution in [0.1, 0.15) is 26.2 Å². The van der Waals surface area contributed by atoms with Crippen LogP contribution in [0.2, 0.25) is 0 Å². The lowest BCUT2D eigenvalue weighted by Crippen LogP contribution is -2.43. The molecule has 0 aromatic carbocycles. The second-order valence-electron chi connectivity index (χ2n) is 4.06. The Morgan fingerprint density at radius 1 is 1.62 bits per heavy atom. The standard InChI is InChI=1S/C11H21NO/c1-3-4-5-7-12-8-6-10(2)11(13)9-12/h3,10-11,13H,1,4-9H2,2H3. The van der Waals surface area contributed by atoms with Crippen molar-refractivity contribution in [1.82, 2.24) is 4.90 Å². The summed E-state index contributed by atoms with van der Waals surface area (Å²) in [6.07, 6.45) is 5.24. The zero-order chi connectivity index (χ0) is 9.68. The van der Waals surface area contributed by atoms with Crippen molar-refractivity contribution in [2.75, 3.05) is 19.6 Å². The van der Waals surface area contributed by atoms with E-state index in [1.165, 1.54) is 6.42 Å². The molecule has 2 unspecified atom stereocenters. The van der Waals surface area contributed by atoms with Crippen LogP contribution in [0.25, 0.3) is 0 Å². The van der Waals surface area contributed by atoms with Gasteiger partial charge in [-0.25, -0.2) is 0 Å². The maximum Gasteiger partial charge on any atom is 0.0693 e. The van der Waals surface area contributed by atoms with Crippen LogP contribution in [0.3, 0.4) is 0 Å². The summed E-state index contributed by atoms with van der Waals surface area (Å²) in [6.45, 7) is 8.95. The van der Waals surface area contributed by atoms with Gasteiger partial charge in [-0.3, -0.25) is 0 Å². The molecule has 2 nitrogen and oxygen atoms in total. The van der Waals surface area contributed by atoms with E-state index < -0.39 is 0 Å². The predicted molar refractivity (Wildman–Crippen MR) is 55.7 cm³/mol. The first-order valence-corrected chi connectivity index (χ1v) is 5.25. The van der Waals surface area contributed by atoms with Crippen molar-refractivity contribution in [2.45, 2.75) is 32.3 Å². The summed E-state index contributed by atoms with van der Waals surface area (Å²) in [6, 6.07) is 0. The van der Waals surface area contributed by atoms with Gasteiger partial charge in [0.1, 0.15) is 0 Å². The summed E-state index contributed by atoms with van der Waals surface area (Å²) in [4.78, 5) is 2.36.